The second kappa shape index (κ2) is 7.28. The number of nitrogens with one attached hydrogen (secondary N) is 1. The molecule has 0 saturated carbocycles. The van der Waals surface area contributed by atoms with Crippen molar-refractivity contribution in [1.82, 2.24) is 10.3 Å². The molecule has 0 aliphatic rings. The van der Waals surface area contributed by atoms with Crippen LogP contribution in [0, 0.1) is 0 Å². The second-order valence-corrected chi connectivity index (χ2v) is 5.98. The van der Waals surface area contributed by atoms with Crippen LogP contribution in [0.15, 0.2) is 24.3 Å². The fourth-order valence-corrected chi connectivity index (χ4v) is 2.81. The molecular weight excluding hydrogens is 286 g/mol. The van der Waals surface area contributed by atoms with E-state index in [0.717, 1.165) is 29.5 Å². The van der Waals surface area contributed by atoms with Crippen molar-refractivity contribution in [1.29, 1.82) is 0 Å². The molecule has 1 aromatic heterocycles. The number of anilines is 1. The number of aromatic hydroxyl groups is 1. The van der Waals surface area contributed by atoms with E-state index in [9.17, 15) is 5.11 Å². The highest BCUT2D eigenvalue weighted by molar-refractivity contribution is 7.15. The van der Waals surface area contributed by atoms with Gasteiger partial charge in [-0.15, -0.1) is 0 Å². The third kappa shape index (κ3) is 4.34. The third-order valence-electron chi connectivity index (χ3n) is 3.04. The number of thiazole rings is 1. The zero-order valence-electron chi connectivity index (χ0n) is 12.6. The van der Waals surface area contributed by atoms with Gasteiger partial charge >= 0.3 is 0 Å². The quantitative estimate of drug-likeness (QED) is 0.768. The summed E-state index contributed by atoms with van der Waals surface area (Å²) in [7, 11) is 5.59. The lowest BCUT2D eigenvalue weighted by molar-refractivity contribution is 0.395. The lowest BCUT2D eigenvalue weighted by atomic mass is 10.1. The topological polar surface area (TPSA) is 57.6 Å². The highest BCUT2D eigenvalue weighted by Gasteiger charge is 2.12. The second-order valence-electron chi connectivity index (χ2n) is 4.92. The first-order chi connectivity index (χ1) is 10.1. The number of aromatic nitrogens is 1. The fraction of sp³-hybridized carbons (Fsp3) is 0.400. The number of rotatable bonds is 7. The SMILES string of the molecule is COc1nc(N(C)C)sc1CNCCc1ccc(O)cc1. The van der Waals surface area contributed by atoms with Gasteiger partial charge in [0.15, 0.2) is 5.13 Å². The molecule has 114 valence electrons. The Morgan fingerprint density at radius 1 is 1.29 bits per heavy atom. The van der Waals surface area contributed by atoms with Crippen molar-refractivity contribution in [3.05, 3.63) is 34.7 Å². The molecule has 0 amide bonds. The maximum Gasteiger partial charge on any atom is 0.230 e. The first-order valence-corrected chi connectivity index (χ1v) is 7.61. The predicted molar refractivity (Wildman–Crippen MR) is 86.5 cm³/mol. The first-order valence-electron chi connectivity index (χ1n) is 6.80. The highest BCUT2D eigenvalue weighted by atomic mass is 32.1. The van der Waals surface area contributed by atoms with Crippen molar-refractivity contribution in [2.24, 2.45) is 0 Å². The summed E-state index contributed by atoms with van der Waals surface area (Å²) < 4.78 is 5.31. The van der Waals surface area contributed by atoms with Crippen LogP contribution in [0.25, 0.3) is 0 Å². The molecule has 1 aromatic carbocycles. The van der Waals surface area contributed by atoms with Gasteiger partial charge in [0, 0.05) is 20.6 Å². The number of phenols is 1. The molecule has 2 rings (SSSR count). The molecule has 5 nitrogen and oxygen atoms in total. The largest absolute Gasteiger partial charge is 0.508 e. The highest BCUT2D eigenvalue weighted by Crippen LogP contribution is 2.30. The third-order valence-corrected chi connectivity index (χ3v) is 4.24. The molecule has 0 bridgehead atoms. The lowest BCUT2D eigenvalue weighted by Crippen LogP contribution is -2.16. The zero-order chi connectivity index (χ0) is 15.2. The van der Waals surface area contributed by atoms with Crippen LogP contribution in [0.2, 0.25) is 0 Å². The average molecular weight is 307 g/mol. The normalized spacial score (nSPS) is 10.6. The Hall–Kier alpha value is -1.79. The summed E-state index contributed by atoms with van der Waals surface area (Å²) in [5.74, 6) is 0.998. The molecule has 0 saturated heterocycles. The van der Waals surface area contributed by atoms with Gasteiger partial charge < -0.3 is 20.1 Å². The summed E-state index contributed by atoms with van der Waals surface area (Å²) in [5, 5.41) is 13.6. The van der Waals surface area contributed by atoms with Gasteiger partial charge in [-0.1, -0.05) is 23.5 Å². The maximum absolute atomic E-state index is 9.24. The molecule has 0 spiro atoms. The first kappa shape index (κ1) is 15.6. The minimum Gasteiger partial charge on any atom is -0.508 e. The molecular formula is C15H21N3O2S. The summed E-state index contributed by atoms with van der Waals surface area (Å²) in [4.78, 5) is 7.51. The number of phenolic OH excluding ortho intramolecular Hbond substituents is 1. The van der Waals surface area contributed by atoms with Gasteiger partial charge in [-0.05, 0) is 30.7 Å². The van der Waals surface area contributed by atoms with Crippen molar-refractivity contribution in [2.45, 2.75) is 13.0 Å². The van der Waals surface area contributed by atoms with Gasteiger partial charge in [0.25, 0.3) is 0 Å². The molecule has 0 unspecified atom stereocenters. The van der Waals surface area contributed by atoms with Crippen LogP contribution in [0.3, 0.4) is 0 Å². The predicted octanol–water partition coefficient (Wildman–Crippen LogP) is 2.26. The summed E-state index contributed by atoms with van der Waals surface area (Å²) in [6.07, 6.45) is 0.919. The van der Waals surface area contributed by atoms with Crippen molar-refractivity contribution >= 4 is 16.5 Å². The number of ether oxygens (including phenoxy) is 1. The van der Waals surface area contributed by atoms with E-state index < -0.39 is 0 Å². The van der Waals surface area contributed by atoms with Crippen molar-refractivity contribution < 1.29 is 9.84 Å². The number of methoxy groups -OCH3 is 1. The van der Waals surface area contributed by atoms with E-state index in [-0.39, 0.29) is 0 Å². The molecule has 2 aromatic rings. The lowest BCUT2D eigenvalue weighted by Gasteiger charge is -2.05. The van der Waals surface area contributed by atoms with Gasteiger partial charge in [-0.25, -0.2) is 0 Å². The van der Waals surface area contributed by atoms with Gasteiger partial charge in [-0.2, -0.15) is 4.98 Å². The smallest absolute Gasteiger partial charge is 0.230 e. The summed E-state index contributed by atoms with van der Waals surface area (Å²) >= 11 is 1.63. The molecule has 6 heteroatoms. The summed E-state index contributed by atoms with van der Waals surface area (Å²) in [5.41, 5.74) is 1.20. The minimum atomic E-state index is 0.303. The molecule has 0 fully saturated rings. The zero-order valence-corrected chi connectivity index (χ0v) is 13.4. The van der Waals surface area contributed by atoms with Crippen LogP contribution in [-0.4, -0.2) is 37.8 Å². The Bertz CT molecular complexity index is 567. The Morgan fingerprint density at radius 3 is 2.62 bits per heavy atom. The number of benzene rings is 1. The van der Waals surface area contributed by atoms with Crippen molar-refractivity contribution in [3.8, 4) is 11.6 Å². The average Bonchev–Trinajstić information content (AvgIpc) is 2.89. The summed E-state index contributed by atoms with van der Waals surface area (Å²) in [6, 6.07) is 7.30. The van der Waals surface area contributed by atoms with E-state index >= 15 is 0 Å². The molecule has 2 N–H and O–H groups in total. The van der Waals surface area contributed by atoms with Crippen LogP contribution in [0.4, 0.5) is 5.13 Å². The fourth-order valence-electron chi connectivity index (χ4n) is 1.89. The van der Waals surface area contributed by atoms with Crippen LogP contribution in [-0.2, 0) is 13.0 Å². The van der Waals surface area contributed by atoms with Crippen LogP contribution >= 0.6 is 11.3 Å². The standard InChI is InChI=1S/C15H21N3O2S/c1-18(2)15-17-14(20-3)13(21-15)10-16-9-8-11-4-6-12(19)7-5-11/h4-7,16,19H,8-10H2,1-3H3. The number of hydrogen-bond donors (Lipinski definition) is 2. The minimum absolute atomic E-state index is 0.303. The van der Waals surface area contributed by atoms with E-state index in [0.29, 0.717) is 11.6 Å². The molecule has 1 heterocycles. The number of nitrogens with zero attached hydrogens (tertiary/aromatic N) is 2. The van der Waals surface area contributed by atoms with Crippen LogP contribution < -0.4 is 15.0 Å². The van der Waals surface area contributed by atoms with Gasteiger partial charge in [-0.3, -0.25) is 0 Å². The Labute approximate surface area is 129 Å². The van der Waals surface area contributed by atoms with Gasteiger partial charge in [0.2, 0.25) is 5.88 Å². The molecule has 0 aliphatic carbocycles. The van der Waals surface area contributed by atoms with Gasteiger partial charge in [0.05, 0.1) is 12.0 Å². The van der Waals surface area contributed by atoms with E-state index in [1.54, 1.807) is 30.6 Å². The Kier molecular flexibility index (Phi) is 5.41. The van der Waals surface area contributed by atoms with Crippen LogP contribution in [0.5, 0.6) is 11.6 Å². The molecule has 0 atom stereocenters. The van der Waals surface area contributed by atoms with E-state index in [2.05, 4.69) is 10.3 Å². The molecule has 0 aliphatic heterocycles. The van der Waals surface area contributed by atoms with Gasteiger partial charge in [0.1, 0.15) is 5.75 Å². The van der Waals surface area contributed by atoms with Crippen LogP contribution in [0.1, 0.15) is 10.4 Å². The van der Waals surface area contributed by atoms with E-state index in [4.69, 9.17) is 4.74 Å². The monoisotopic (exact) mass is 307 g/mol. The summed E-state index contributed by atoms with van der Waals surface area (Å²) in [6.45, 7) is 1.61. The Balaban J connectivity index is 1.84. The van der Waals surface area contributed by atoms with E-state index in [1.807, 2.05) is 31.1 Å². The van der Waals surface area contributed by atoms with Crippen molar-refractivity contribution in [3.63, 3.8) is 0 Å². The van der Waals surface area contributed by atoms with E-state index in [1.165, 1.54) is 5.56 Å². The molecule has 21 heavy (non-hydrogen) atoms. The van der Waals surface area contributed by atoms with Crippen molar-refractivity contribution in [2.75, 3.05) is 32.6 Å². The number of hydrogen-bond acceptors (Lipinski definition) is 6. The Morgan fingerprint density at radius 2 is 2.00 bits per heavy atom. The molecule has 0 radical (unpaired) electrons. The maximum atomic E-state index is 9.24.